The number of benzene rings is 1. The molecule has 4 rings (SSSR count). The number of methoxy groups -OCH3 is 2. The number of nitrogens with two attached hydrogens (primary N) is 1. The average Bonchev–Trinajstić information content (AvgIpc) is 3.15. The van der Waals surface area contributed by atoms with Gasteiger partial charge < -0.3 is 24.7 Å². The maximum atomic E-state index is 12.5. The lowest BCUT2D eigenvalue weighted by molar-refractivity contribution is -0.121. The molecule has 0 amide bonds. The predicted octanol–water partition coefficient (Wildman–Crippen LogP) is 3.07. The topological polar surface area (TPSA) is 95.5 Å². The van der Waals surface area contributed by atoms with Crippen molar-refractivity contribution in [3.8, 4) is 23.3 Å². The summed E-state index contributed by atoms with van der Waals surface area (Å²) >= 11 is 0. The first kappa shape index (κ1) is 23.3. The number of likely N-dealkylation sites (N-methyl/N-ethyl adjacent to an activating group) is 1. The lowest BCUT2D eigenvalue weighted by Gasteiger charge is -2.35. The Morgan fingerprint density at radius 2 is 1.88 bits per heavy atom. The number of hydrogen-bond donors (Lipinski definition) is 1. The molecular weight excluding hydrogens is 430 g/mol. The van der Waals surface area contributed by atoms with Crippen molar-refractivity contribution >= 4 is 22.6 Å². The van der Waals surface area contributed by atoms with Crippen molar-refractivity contribution in [1.29, 1.82) is 0 Å². The molecule has 1 aliphatic rings. The number of ketones is 1. The molecule has 0 unspecified atom stereocenters. The van der Waals surface area contributed by atoms with Gasteiger partial charge in [-0.2, -0.15) is 0 Å². The van der Waals surface area contributed by atoms with Crippen LogP contribution in [0.5, 0.6) is 11.5 Å². The number of aromatic nitrogens is 3. The highest BCUT2D eigenvalue weighted by molar-refractivity contribution is 5.94. The summed E-state index contributed by atoms with van der Waals surface area (Å²) in [5.74, 6) is 8.31. The van der Waals surface area contributed by atoms with E-state index in [1.807, 2.05) is 43.4 Å². The SMILES string of the molecule is COc1cc(C#Cc2cn(C3CC(C(=O)/C=C/CN(C)C)C3)c3ncnc(N)c23)cc(OC)c1. The van der Waals surface area contributed by atoms with E-state index in [2.05, 4.69) is 26.4 Å². The van der Waals surface area contributed by atoms with E-state index < -0.39 is 0 Å². The number of carbonyl (C=O) groups excluding carboxylic acids is 1. The van der Waals surface area contributed by atoms with Crippen LogP contribution in [-0.4, -0.2) is 60.1 Å². The van der Waals surface area contributed by atoms with Crippen molar-refractivity contribution in [2.75, 3.05) is 40.6 Å². The lowest BCUT2D eigenvalue weighted by atomic mass is 9.77. The number of nitrogens with zero attached hydrogens (tertiary/aromatic N) is 4. The van der Waals surface area contributed by atoms with Crippen LogP contribution in [0.3, 0.4) is 0 Å². The Hall–Kier alpha value is -3.83. The largest absolute Gasteiger partial charge is 0.497 e. The second-order valence-corrected chi connectivity index (χ2v) is 8.65. The third kappa shape index (κ3) is 4.90. The van der Waals surface area contributed by atoms with Crippen LogP contribution in [0, 0.1) is 17.8 Å². The van der Waals surface area contributed by atoms with E-state index >= 15 is 0 Å². The molecule has 0 radical (unpaired) electrons. The summed E-state index contributed by atoms with van der Waals surface area (Å²) in [4.78, 5) is 23.1. The van der Waals surface area contributed by atoms with Crippen LogP contribution in [0.15, 0.2) is 42.9 Å². The third-order valence-corrected chi connectivity index (χ3v) is 5.99. The minimum atomic E-state index is 0.0267. The van der Waals surface area contributed by atoms with Crippen LogP contribution in [0.4, 0.5) is 5.82 Å². The van der Waals surface area contributed by atoms with Gasteiger partial charge in [-0.15, -0.1) is 0 Å². The molecule has 34 heavy (non-hydrogen) atoms. The van der Waals surface area contributed by atoms with E-state index in [4.69, 9.17) is 15.2 Å². The van der Waals surface area contributed by atoms with E-state index in [-0.39, 0.29) is 17.7 Å². The standard InChI is InChI=1S/C26H29N5O3/c1-30(2)9-5-6-23(32)19-12-20(13-19)31-15-18(24-25(27)28-16-29-26(24)31)8-7-17-10-21(33-3)14-22(11-17)34-4/h5-6,10-11,14-16,19-20H,9,12-13H2,1-4H3,(H2,27,28,29)/b6-5+. The highest BCUT2D eigenvalue weighted by atomic mass is 16.5. The van der Waals surface area contributed by atoms with Crippen LogP contribution in [0.2, 0.25) is 0 Å². The summed E-state index contributed by atoms with van der Waals surface area (Å²) in [6, 6.07) is 5.66. The average molecular weight is 460 g/mol. The zero-order valence-electron chi connectivity index (χ0n) is 19.9. The first-order valence-electron chi connectivity index (χ1n) is 11.1. The van der Waals surface area contributed by atoms with Crippen LogP contribution in [0.1, 0.15) is 30.0 Å². The molecule has 0 saturated heterocycles. The summed E-state index contributed by atoms with van der Waals surface area (Å²) in [5.41, 5.74) is 8.44. The van der Waals surface area contributed by atoms with Crippen LogP contribution in [0.25, 0.3) is 11.0 Å². The second kappa shape index (κ2) is 9.98. The molecule has 1 fully saturated rings. The second-order valence-electron chi connectivity index (χ2n) is 8.65. The van der Waals surface area contributed by atoms with Crippen LogP contribution in [-0.2, 0) is 4.79 Å². The Morgan fingerprint density at radius 3 is 2.53 bits per heavy atom. The van der Waals surface area contributed by atoms with Crippen molar-refractivity contribution in [3.63, 3.8) is 0 Å². The minimum Gasteiger partial charge on any atom is -0.497 e. The van der Waals surface area contributed by atoms with Crippen molar-refractivity contribution in [2.24, 2.45) is 5.92 Å². The normalized spacial score (nSPS) is 17.4. The van der Waals surface area contributed by atoms with E-state index in [1.165, 1.54) is 6.33 Å². The van der Waals surface area contributed by atoms with Gasteiger partial charge >= 0.3 is 0 Å². The number of allylic oxidation sites excluding steroid dienone is 1. The molecule has 2 N–H and O–H groups in total. The van der Waals surface area contributed by atoms with Crippen molar-refractivity contribution in [1.82, 2.24) is 19.4 Å². The van der Waals surface area contributed by atoms with Gasteiger partial charge in [0, 0.05) is 36.3 Å². The van der Waals surface area contributed by atoms with Gasteiger partial charge in [-0.25, -0.2) is 9.97 Å². The molecular formula is C26H29N5O3. The van der Waals surface area contributed by atoms with Gasteiger partial charge in [-0.3, -0.25) is 4.79 Å². The summed E-state index contributed by atoms with van der Waals surface area (Å²) in [6.07, 6.45) is 8.57. The molecule has 8 nitrogen and oxygen atoms in total. The van der Waals surface area contributed by atoms with Gasteiger partial charge in [-0.05, 0) is 45.1 Å². The molecule has 3 aromatic rings. The summed E-state index contributed by atoms with van der Waals surface area (Å²) in [7, 11) is 7.16. The van der Waals surface area contributed by atoms with Gasteiger partial charge in [0.2, 0.25) is 0 Å². The summed E-state index contributed by atoms with van der Waals surface area (Å²) < 4.78 is 12.8. The molecule has 2 heterocycles. The van der Waals surface area contributed by atoms with Crippen LogP contribution < -0.4 is 15.2 Å². The van der Waals surface area contributed by atoms with Crippen molar-refractivity contribution in [3.05, 3.63) is 54.0 Å². The Morgan fingerprint density at radius 1 is 1.18 bits per heavy atom. The maximum Gasteiger partial charge on any atom is 0.158 e. The predicted molar refractivity (Wildman–Crippen MR) is 132 cm³/mol. The van der Waals surface area contributed by atoms with Gasteiger partial charge in [-0.1, -0.05) is 17.9 Å². The van der Waals surface area contributed by atoms with Crippen LogP contribution >= 0.6 is 0 Å². The van der Waals surface area contributed by atoms with Crippen molar-refractivity contribution < 1.29 is 14.3 Å². The number of hydrogen-bond acceptors (Lipinski definition) is 7. The van der Waals surface area contributed by atoms with E-state index in [9.17, 15) is 4.79 Å². The zero-order valence-corrected chi connectivity index (χ0v) is 19.9. The van der Waals surface area contributed by atoms with Crippen molar-refractivity contribution in [2.45, 2.75) is 18.9 Å². The number of fused-ring (bicyclic) bond motifs is 1. The molecule has 2 aromatic heterocycles. The highest BCUT2D eigenvalue weighted by Gasteiger charge is 2.35. The minimum absolute atomic E-state index is 0.0267. The number of carbonyl (C=O) groups is 1. The Bertz CT molecular complexity index is 1270. The van der Waals surface area contributed by atoms with Gasteiger partial charge in [0.1, 0.15) is 29.3 Å². The fraction of sp³-hybridized carbons (Fsp3) is 0.346. The monoisotopic (exact) mass is 459 g/mol. The maximum absolute atomic E-state index is 12.5. The Balaban J connectivity index is 1.60. The first-order valence-corrected chi connectivity index (χ1v) is 11.1. The molecule has 0 atom stereocenters. The first-order chi connectivity index (χ1) is 16.4. The van der Waals surface area contributed by atoms with Gasteiger partial charge in [0.25, 0.3) is 0 Å². The number of rotatable bonds is 7. The summed E-state index contributed by atoms with van der Waals surface area (Å²) in [6.45, 7) is 0.752. The molecule has 176 valence electrons. The molecule has 0 aliphatic heterocycles. The van der Waals surface area contributed by atoms with Gasteiger partial charge in [0.05, 0.1) is 25.2 Å². The molecule has 8 heteroatoms. The third-order valence-electron chi connectivity index (χ3n) is 5.99. The van der Waals surface area contributed by atoms with E-state index in [0.717, 1.165) is 41.5 Å². The zero-order chi connectivity index (χ0) is 24.2. The lowest BCUT2D eigenvalue weighted by Crippen LogP contribution is -2.31. The smallest absolute Gasteiger partial charge is 0.158 e. The highest BCUT2D eigenvalue weighted by Crippen LogP contribution is 2.41. The fourth-order valence-corrected chi connectivity index (χ4v) is 4.06. The molecule has 1 saturated carbocycles. The molecule has 0 spiro atoms. The number of anilines is 1. The van der Waals surface area contributed by atoms with Gasteiger partial charge in [0.15, 0.2) is 5.78 Å². The Kier molecular flexibility index (Phi) is 6.85. The number of ether oxygens (including phenoxy) is 2. The molecule has 0 bridgehead atoms. The van der Waals surface area contributed by atoms with E-state index in [1.54, 1.807) is 26.4 Å². The molecule has 1 aliphatic carbocycles. The fourth-order valence-electron chi connectivity index (χ4n) is 4.06. The quantitative estimate of drug-likeness (QED) is 0.429. The Labute approximate surface area is 199 Å². The molecule has 1 aromatic carbocycles. The van der Waals surface area contributed by atoms with E-state index in [0.29, 0.717) is 17.3 Å². The number of nitrogen functional groups attached to an aromatic ring is 1. The summed E-state index contributed by atoms with van der Waals surface area (Å²) in [5, 5.41) is 0.727.